The zero-order chi connectivity index (χ0) is 44.4. The Kier molecular flexibility index (Phi) is 12.9. The molecule has 0 bridgehead atoms. The fraction of sp³-hybridized carbons (Fsp3) is 0.333. The van der Waals surface area contributed by atoms with E-state index in [-0.39, 0.29) is 45.4 Å². The molecule has 2 saturated heterocycles. The molecule has 20 heteroatoms. The number of hydrogen-bond acceptors (Lipinski definition) is 20. The summed E-state index contributed by atoms with van der Waals surface area (Å²) in [5, 5.41) is 114. The summed E-state index contributed by atoms with van der Waals surface area (Å²) in [4.78, 5) is 26.8. The fourth-order valence-corrected chi connectivity index (χ4v) is 6.95. The van der Waals surface area contributed by atoms with Crippen LogP contribution in [0.1, 0.15) is 28.7 Å². The molecule has 3 aliphatic heterocycles. The quantitative estimate of drug-likeness (QED) is 0.0518. The first-order valence-electron chi connectivity index (χ1n) is 19.0. The van der Waals surface area contributed by atoms with Crippen molar-refractivity contribution in [2.45, 2.75) is 73.4 Å². The lowest BCUT2D eigenvalue weighted by Gasteiger charge is -2.40. The Hall–Kier alpha value is -6.36. The van der Waals surface area contributed by atoms with Crippen LogP contribution in [0.3, 0.4) is 0 Å². The first-order valence-corrected chi connectivity index (χ1v) is 19.0. The van der Waals surface area contributed by atoms with Gasteiger partial charge in [0.25, 0.3) is 0 Å². The number of aliphatic hydroxyl groups is 6. The predicted octanol–water partition coefficient (Wildman–Crippen LogP) is 0.305. The lowest BCUT2D eigenvalue weighted by atomic mass is 9.89. The molecule has 62 heavy (non-hydrogen) atoms. The van der Waals surface area contributed by atoms with Crippen LogP contribution in [0.2, 0.25) is 0 Å². The molecule has 0 spiro atoms. The van der Waals surface area contributed by atoms with E-state index in [0.717, 1.165) is 18.2 Å². The third-order valence-corrected chi connectivity index (χ3v) is 10.3. The molecule has 3 heterocycles. The molecular weight excluding hydrogens is 824 g/mol. The Morgan fingerprint density at radius 1 is 0.581 bits per heavy atom. The normalized spacial score (nSPS) is 29.3. The maximum Gasteiger partial charge on any atom is 0.330 e. The molecule has 4 aromatic rings. The molecule has 11 N–H and O–H groups in total. The standard InChI is InChI=1S/C42H42O20/c43-20-3-7-22(8-4-20)58-41-36(53)34(51)32(49)28(60-41)16-56-30(48)12-1-18-13-24-31(38(62-39(24)27(47)14-18)19-2-11-25(45)26(46)15-19)40(55)57-17-29-33(50)35(52)37(54)42(61-29)59-23-9-5-21(44)6-10-23/h1-15,28-29,31-38,41-47,49-54H,16-17H2/t28-,29-,31-,32-,33-,34+,35+,36-,37-,38+,41-,42-/m1/s1. The highest BCUT2D eigenvalue weighted by Gasteiger charge is 2.48. The van der Waals surface area contributed by atoms with Crippen molar-refractivity contribution >= 4 is 18.0 Å². The molecule has 12 atom stereocenters. The summed E-state index contributed by atoms with van der Waals surface area (Å²) in [7, 11) is 0. The molecule has 0 saturated carbocycles. The molecule has 4 aromatic carbocycles. The average molecular weight is 867 g/mol. The van der Waals surface area contributed by atoms with E-state index >= 15 is 0 Å². The van der Waals surface area contributed by atoms with Crippen LogP contribution in [0.5, 0.6) is 46.0 Å². The highest BCUT2D eigenvalue weighted by Crippen LogP contribution is 2.52. The van der Waals surface area contributed by atoms with E-state index in [1.807, 2.05) is 0 Å². The van der Waals surface area contributed by atoms with Crippen molar-refractivity contribution in [2.24, 2.45) is 0 Å². The van der Waals surface area contributed by atoms with E-state index < -0.39 is 116 Å². The Bertz CT molecular complexity index is 2250. The number of carbonyl (C=O) groups excluding carboxylic acids is 2. The van der Waals surface area contributed by atoms with Gasteiger partial charge in [0.15, 0.2) is 23.0 Å². The molecule has 0 unspecified atom stereocenters. The molecule has 0 aliphatic carbocycles. The van der Waals surface area contributed by atoms with Crippen molar-refractivity contribution in [3.8, 4) is 46.0 Å². The van der Waals surface area contributed by atoms with Crippen LogP contribution in [0.25, 0.3) is 6.08 Å². The summed E-state index contributed by atoms with van der Waals surface area (Å²) >= 11 is 0. The van der Waals surface area contributed by atoms with Gasteiger partial charge in [-0.1, -0.05) is 6.07 Å². The number of phenols is 5. The number of phenolic OH excluding ortho intramolecular Hbond substituents is 5. The maximum atomic E-state index is 14.0. The number of carbonyl (C=O) groups is 2. The number of ether oxygens (including phenoxy) is 7. The van der Waals surface area contributed by atoms with E-state index in [9.17, 15) is 65.8 Å². The third-order valence-electron chi connectivity index (χ3n) is 10.3. The Balaban J connectivity index is 1.06. The highest BCUT2D eigenvalue weighted by molar-refractivity contribution is 5.88. The Morgan fingerprint density at radius 2 is 1.11 bits per heavy atom. The average Bonchev–Trinajstić information content (AvgIpc) is 3.65. The number of esters is 2. The Labute approximate surface area is 350 Å². The van der Waals surface area contributed by atoms with Crippen LogP contribution in [0, 0.1) is 0 Å². The van der Waals surface area contributed by atoms with Crippen molar-refractivity contribution in [1.29, 1.82) is 0 Å². The van der Waals surface area contributed by atoms with Gasteiger partial charge in [0.2, 0.25) is 12.6 Å². The zero-order valence-corrected chi connectivity index (χ0v) is 32.1. The SMILES string of the molecule is O=C(C=Cc1cc(O)c2c(c1)[C@@H](C(=O)OC[C@H]1O[C@@H](Oc3ccc(O)cc3)[C@H](O)[C@@H](O)[C@@H]1O)[C@H](c1ccc(O)c(O)c1)O2)OC[C@H]1O[C@@H](Oc2ccc(O)cc2)[C@H](O)[C@@H](O)[C@@H]1O. The van der Waals surface area contributed by atoms with E-state index in [2.05, 4.69) is 0 Å². The molecule has 330 valence electrons. The predicted molar refractivity (Wildman–Crippen MR) is 206 cm³/mol. The number of rotatable bonds is 12. The van der Waals surface area contributed by atoms with Gasteiger partial charge in [0, 0.05) is 11.6 Å². The number of aromatic hydroxyl groups is 5. The zero-order valence-electron chi connectivity index (χ0n) is 32.1. The van der Waals surface area contributed by atoms with E-state index in [1.54, 1.807) is 0 Å². The molecular formula is C42H42O20. The summed E-state index contributed by atoms with van der Waals surface area (Å²) in [5.74, 6) is -4.92. The van der Waals surface area contributed by atoms with Crippen LogP contribution >= 0.6 is 0 Å². The maximum absolute atomic E-state index is 14.0. The Morgan fingerprint density at radius 3 is 1.65 bits per heavy atom. The van der Waals surface area contributed by atoms with Crippen LogP contribution in [0.4, 0.5) is 0 Å². The van der Waals surface area contributed by atoms with Crippen molar-refractivity contribution < 1.29 is 98.9 Å². The molecule has 2 fully saturated rings. The van der Waals surface area contributed by atoms with Gasteiger partial charge in [0.05, 0.1) is 0 Å². The lowest BCUT2D eigenvalue weighted by molar-refractivity contribution is -0.278. The van der Waals surface area contributed by atoms with Crippen LogP contribution in [-0.2, 0) is 28.5 Å². The van der Waals surface area contributed by atoms with E-state index in [4.69, 9.17) is 33.2 Å². The van der Waals surface area contributed by atoms with Gasteiger partial charge in [-0.25, -0.2) is 4.79 Å². The summed E-state index contributed by atoms with van der Waals surface area (Å²) in [6.07, 6.45) is -15.4. The van der Waals surface area contributed by atoms with Gasteiger partial charge in [-0.05, 0) is 90.0 Å². The molecule has 3 aliphatic rings. The van der Waals surface area contributed by atoms with Crippen molar-refractivity contribution in [1.82, 2.24) is 0 Å². The first-order chi connectivity index (χ1) is 29.6. The van der Waals surface area contributed by atoms with Gasteiger partial charge in [0.1, 0.15) is 97.1 Å². The summed E-state index contributed by atoms with van der Waals surface area (Å²) in [6.45, 7) is -1.31. The minimum absolute atomic E-state index is 0.0423. The fourth-order valence-electron chi connectivity index (χ4n) is 6.95. The van der Waals surface area contributed by atoms with Crippen molar-refractivity contribution in [3.05, 3.63) is 102 Å². The lowest BCUT2D eigenvalue weighted by Crippen LogP contribution is -2.60. The summed E-state index contributed by atoms with van der Waals surface area (Å²) in [5.41, 5.74) is 0.343. The number of hydrogen-bond donors (Lipinski definition) is 11. The van der Waals surface area contributed by atoms with Crippen LogP contribution in [0.15, 0.2) is 84.9 Å². The topological polar surface area (TPSA) is 321 Å². The minimum Gasteiger partial charge on any atom is -0.508 e. The van der Waals surface area contributed by atoms with Crippen LogP contribution < -0.4 is 14.2 Å². The van der Waals surface area contributed by atoms with E-state index in [0.29, 0.717) is 0 Å². The number of fused-ring (bicyclic) bond motifs is 1. The first kappa shape index (κ1) is 43.7. The van der Waals surface area contributed by atoms with Crippen LogP contribution in [-0.4, -0.2) is 143 Å². The second kappa shape index (κ2) is 18.3. The third kappa shape index (κ3) is 9.42. The van der Waals surface area contributed by atoms with Gasteiger partial charge < -0.3 is 89.3 Å². The van der Waals surface area contributed by atoms with Gasteiger partial charge in [-0.3, -0.25) is 4.79 Å². The highest BCUT2D eigenvalue weighted by atomic mass is 16.7. The summed E-state index contributed by atoms with van der Waals surface area (Å²) < 4.78 is 39.2. The smallest absolute Gasteiger partial charge is 0.330 e. The molecule has 7 rings (SSSR count). The number of benzene rings is 4. The van der Waals surface area contributed by atoms with Crippen molar-refractivity contribution in [3.63, 3.8) is 0 Å². The molecule has 0 aromatic heterocycles. The summed E-state index contributed by atoms with van der Waals surface area (Å²) in [6, 6.07) is 16.9. The second-order valence-electron chi connectivity index (χ2n) is 14.6. The van der Waals surface area contributed by atoms with E-state index in [1.165, 1.54) is 72.8 Å². The van der Waals surface area contributed by atoms with Gasteiger partial charge in [-0.15, -0.1) is 0 Å². The molecule has 20 nitrogen and oxygen atoms in total. The van der Waals surface area contributed by atoms with Gasteiger partial charge >= 0.3 is 11.9 Å². The minimum atomic E-state index is -1.81. The second-order valence-corrected chi connectivity index (χ2v) is 14.6. The molecule has 0 amide bonds. The van der Waals surface area contributed by atoms with Gasteiger partial charge in [-0.2, -0.15) is 0 Å². The van der Waals surface area contributed by atoms with Crippen molar-refractivity contribution in [2.75, 3.05) is 13.2 Å². The largest absolute Gasteiger partial charge is 0.508 e. The molecule has 0 radical (unpaired) electrons. The monoisotopic (exact) mass is 866 g/mol. The number of aliphatic hydroxyl groups excluding tert-OH is 6.